The third-order valence-electron chi connectivity index (χ3n) is 2.76. The number of carbonyl (C=O) groups is 1. The first-order valence-corrected chi connectivity index (χ1v) is 6.83. The lowest BCUT2D eigenvalue weighted by Gasteiger charge is -2.24. The minimum Gasteiger partial charge on any atom is -0.383 e. The number of carbonyl (C=O) groups excluding carboxylic acids is 1. The lowest BCUT2D eigenvalue weighted by Crippen LogP contribution is -2.43. The molecule has 0 bridgehead atoms. The summed E-state index contributed by atoms with van der Waals surface area (Å²) in [4.78, 5) is 11.9. The minimum absolute atomic E-state index is 0.111. The van der Waals surface area contributed by atoms with E-state index in [9.17, 15) is 4.79 Å². The van der Waals surface area contributed by atoms with E-state index < -0.39 is 0 Å². The Bertz CT molecular complexity index is 201. The van der Waals surface area contributed by atoms with Crippen LogP contribution < -0.4 is 5.32 Å². The largest absolute Gasteiger partial charge is 0.383 e. The molecule has 1 N–H and O–H groups in total. The van der Waals surface area contributed by atoms with Crippen molar-refractivity contribution in [1.82, 2.24) is 5.32 Å². The first kappa shape index (κ1) is 13.9. The van der Waals surface area contributed by atoms with Gasteiger partial charge in [-0.3, -0.25) is 4.79 Å². The minimum atomic E-state index is 0.111. The molecule has 1 saturated heterocycles. The van der Waals surface area contributed by atoms with Crippen LogP contribution in [0.2, 0.25) is 0 Å². The SMILES string of the molecule is COCC(CCBr)NC(=O)C1CCOCC1. The second-order valence-electron chi connectivity index (χ2n) is 4.03. The Kier molecular flexibility index (Phi) is 7.00. The van der Waals surface area contributed by atoms with Crippen molar-refractivity contribution in [2.75, 3.05) is 32.3 Å². The maximum absolute atomic E-state index is 11.9. The molecule has 0 spiro atoms. The molecule has 1 fully saturated rings. The zero-order valence-corrected chi connectivity index (χ0v) is 11.3. The fraction of sp³-hybridized carbons (Fsp3) is 0.909. The van der Waals surface area contributed by atoms with Gasteiger partial charge in [-0.25, -0.2) is 0 Å². The fourth-order valence-corrected chi connectivity index (χ4v) is 2.36. The summed E-state index contributed by atoms with van der Waals surface area (Å²) in [7, 11) is 1.65. The van der Waals surface area contributed by atoms with Crippen LogP contribution in [0.4, 0.5) is 0 Å². The summed E-state index contributed by atoms with van der Waals surface area (Å²) in [5.74, 6) is 0.259. The van der Waals surface area contributed by atoms with Crippen molar-refractivity contribution < 1.29 is 14.3 Å². The Morgan fingerprint density at radius 1 is 1.56 bits per heavy atom. The van der Waals surface area contributed by atoms with Crippen LogP contribution in [0.5, 0.6) is 0 Å². The molecule has 16 heavy (non-hydrogen) atoms. The molecule has 0 aromatic heterocycles. The second-order valence-corrected chi connectivity index (χ2v) is 4.82. The quantitative estimate of drug-likeness (QED) is 0.752. The van der Waals surface area contributed by atoms with E-state index in [1.807, 2.05) is 0 Å². The molecular formula is C11H20BrNO3. The molecule has 1 rings (SSSR count). The van der Waals surface area contributed by atoms with Crippen LogP contribution >= 0.6 is 15.9 Å². The number of amides is 1. The zero-order valence-electron chi connectivity index (χ0n) is 9.71. The normalized spacial score (nSPS) is 19.4. The highest BCUT2D eigenvalue weighted by Gasteiger charge is 2.23. The van der Waals surface area contributed by atoms with E-state index in [4.69, 9.17) is 9.47 Å². The van der Waals surface area contributed by atoms with Crippen LogP contribution in [0.25, 0.3) is 0 Å². The van der Waals surface area contributed by atoms with Gasteiger partial charge in [0.05, 0.1) is 12.6 Å². The van der Waals surface area contributed by atoms with Gasteiger partial charge in [0.2, 0.25) is 5.91 Å². The molecule has 0 radical (unpaired) electrons. The van der Waals surface area contributed by atoms with Crippen molar-refractivity contribution in [2.45, 2.75) is 25.3 Å². The summed E-state index contributed by atoms with van der Waals surface area (Å²) >= 11 is 3.38. The number of halogens is 1. The highest BCUT2D eigenvalue weighted by molar-refractivity contribution is 9.09. The predicted molar refractivity (Wildman–Crippen MR) is 65.8 cm³/mol. The monoisotopic (exact) mass is 293 g/mol. The number of alkyl halides is 1. The first-order chi connectivity index (χ1) is 7.77. The third-order valence-corrected chi connectivity index (χ3v) is 3.22. The summed E-state index contributed by atoms with van der Waals surface area (Å²) in [6.45, 7) is 1.97. The van der Waals surface area contributed by atoms with E-state index in [2.05, 4.69) is 21.2 Å². The summed E-state index contributed by atoms with van der Waals surface area (Å²) < 4.78 is 10.3. The van der Waals surface area contributed by atoms with E-state index in [0.29, 0.717) is 19.8 Å². The van der Waals surface area contributed by atoms with Crippen molar-refractivity contribution >= 4 is 21.8 Å². The van der Waals surface area contributed by atoms with Gasteiger partial charge in [0, 0.05) is 31.6 Å². The van der Waals surface area contributed by atoms with E-state index in [-0.39, 0.29) is 17.9 Å². The molecular weight excluding hydrogens is 274 g/mol. The van der Waals surface area contributed by atoms with Gasteiger partial charge in [-0.15, -0.1) is 0 Å². The van der Waals surface area contributed by atoms with E-state index in [1.165, 1.54) is 0 Å². The highest BCUT2D eigenvalue weighted by Crippen LogP contribution is 2.15. The Morgan fingerprint density at radius 3 is 2.81 bits per heavy atom. The number of hydrogen-bond donors (Lipinski definition) is 1. The summed E-state index contributed by atoms with van der Waals surface area (Å²) in [5.41, 5.74) is 0. The predicted octanol–water partition coefficient (Wildman–Crippen LogP) is 1.33. The Labute approximate surface area is 105 Å². The summed E-state index contributed by atoms with van der Waals surface area (Å²) in [6, 6.07) is 0.111. The fourth-order valence-electron chi connectivity index (χ4n) is 1.81. The average molecular weight is 294 g/mol. The van der Waals surface area contributed by atoms with Gasteiger partial charge in [-0.2, -0.15) is 0 Å². The Hall–Kier alpha value is -0.130. The van der Waals surface area contributed by atoms with Crippen molar-refractivity contribution in [3.05, 3.63) is 0 Å². The van der Waals surface area contributed by atoms with Crippen molar-refractivity contribution in [3.8, 4) is 0 Å². The maximum atomic E-state index is 11.9. The molecule has 1 heterocycles. The molecule has 1 aliphatic rings. The topological polar surface area (TPSA) is 47.6 Å². The number of ether oxygens (including phenoxy) is 2. The van der Waals surface area contributed by atoms with Crippen molar-refractivity contribution in [3.63, 3.8) is 0 Å². The highest BCUT2D eigenvalue weighted by atomic mass is 79.9. The van der Waals surface area contributed by atoms with E-state index in [0.717, 1.165) is 24.6 Å². The number of methoxy groups -OCH3 is 1. The standard InChI is InChI=1S/C11H20BrNO3/c1-15-8-10(2-5-12)13-11(14)9-3-6-16-7-4-9/h9-10H,2-8H2,1H3,(H,13,14). The second kappa shape index (κ2) is 8.03. The van der Waals surface area contributed by atoms with Gasteiger partial charge in [0.1, 0.15) is 0 Å². The molecule has 1 aliphatic heterocycles. The first-order valence-electron chi connectivity index (χ1n) is 5.71. The van der Waals surface area contributed by atoms with Gasteiger partial charge in [-0.05, 0) is 19.3 Å². The van der Waals surface area contributed by atoms with Gasteiger partial charge >= 0.3 is 0 Å². The van der Waals surface area contributed by atoms with Crippen LogP contribution in [0.1, 0.15) is 19.3 Å². The maximum Gasteiger partial charge on any atom is 0.223 e. The van der Waals surface area contributed by atoms with Gasteiger partial charge in [0.15, 0.2) is 0 Å². The molecule has 0 aliphatic carbocycles. The van der Waals surface area contributed by atoms with Crippen molar-refractivity contribution in [2.24, 2.45) is 5.92 Å². The van der Waals surface area contributed by atoms with Gasteiger partial charge < -0.3 is 14.8 Å². The third kappa shape index (κ3) is 4.80. The van der Waals surface area contributed by atoms with E-state index >= 15 is 0 Å². The number of hydrogen-bond acceptors (Lipinski definition) is 3. The van der Waals surface area contributed by atoms with Crippen molar-refractivity contribution in [1.29, 1.82) is 0 Å². The average Bonchev–Trinajstić information content (AvgIpc) is 2.31. The van der Waals surface area contributed by atoms with Crippen LogP contribution in [0, 0.1) is 5.92 Å². The van der Waals surface area contributed by atoms with Gasteiger partial charge in [-0.1, -0.05) is 15.9 Å². The molecule has 0 aromatic rings. The molecule has 1 unspecified atom stereocenters. The van der Waals surface area contributed by atoms with Gasteiger partial charge in [0.25, 0.3) is 0 Å². The van der Waals surface area contributed by atoms with Crippen LogP contribution in [0.3, 0.4) is 0 Å². The number of nitrogens with one attached hydrogen (secondary N) is 1. The summed E-state index contributed by atoms with van der Waals surface area (Å²) in [6.07, 6.45) is 2.56. The molecule has 1 amide bonds. The molecule has 1 atom stereocenters. The molecule has 0 aromatic carbocycles. The molecule has 0 saturated carbocycles. The van der Waals surface area contributed by atoms with E-state index in [1.54, 1.807) is 7.11 Å². The number of rotatable bonds is 6. The summed E-state index contributed by atoms with van der Waals surface area (Å²) in [5, 5.41) is 3.91. The van der Waals surface area contributed by atoms with Crippen LogP contribution in [-0.4, -0.2) is 44.2 Å². The lowest BCUT2D eigenvalue weighted by atomic mass is 9.99. The Morgan fingerprint density at radius 2 is 2.25 bits per heavy atom. The Balaban J connectivity index is 2.33. The molecule has 94 valence electrons. The van der Waals surface area contributed by atoms with Crippen LogP contribution in [0.15, 0.2) is 0 Å². The lowest BCUT2D eigenvalue weighted by molar-refractivity contribution is -0.129. The zero-order chi connectivity index (χ0) is 11.8. The molecule has 4 nitrogen and oxygen atoms in total. The smallest absolute Gasteiger partial charge is 0.223 e. The van der Waals surface area contributed by atoms with Crippen LogP contribution in [-0.2, 0) is 14.3 Å². The molecule has 5 heteroatoms.